The lowest BCUT2D eigenvalue weighted by molar-refractivity contribution is -0.693. The van der Waals surface area contributed by atoms with Gasteiger partial charge in [-0.25, -0.2) is 4.57 Å². The van der Waals surface area contributed by atoms with E-state index in [1.165, 1.54) is 10.8 Å². The number of imidazole rings is 1. The Balaban J connectivity index is 2.89. The van der Waals surface area contributed by atoms with Crippen LogP contribution < -0.4 is 4.57 Å². The van der Waals surface area contributed by atoms with Crippen molar-refractivity contribution in [3.63, 3.8) is 0 Å². The number of halogens is 3. The van der Waals surface area contributed by atoms with Crippen LogP contribution >= 0.6 is 0 Å². The van der Waals surface area contributed by atoms with E-state index < -0.39 is 6.30 Å². The highest BCUT2D eigenvalue weighted by atomic mass is 19.4. The number of hydrogen-bond acceptors (Lipinski definition) is 0. The number of hydrogen-bond donors (Lipinski definition) is 0. The Morgan fingerprint density at radius 3 is 2.36 bits per heavy atom. The molecule has 2 nitrogen and oxygen atoms in total. The molecule has 0 fully saturated rings. The van der Waals surface area contributed by atoms with Gasteiger partial charge < -0.3 is 0 Å². The van der Waals surface area contributed by atoms with E-state index in [0.29, 0.717) is 6.54 Å². The van der Waals surface area contributed by atoms with Crippen LogP contribution in [0.3, 0.4) is 0 Å². The Morgan fingerprint density at radius 2 is 2.09 bits per heavy atom. The molecule has 0 aromatic carbocycles. The first kappa shape index (κ1) is 8.10. The molecule has 0 unspecified atom stereocenters. The van der Waals surface area contributed by atoms with Gasteiger partial charge in [0, 0.05) is 0 Å². The quantitative estimate of drug-likeness (QED) is 0.554. The van der Waals surface area contributed by atoms with Gasteiger partial charge in [0.05, 0.1) is 6.54 Å². The van der Waals surface area contributed by atoms with Crippen molar-refractivity contribution in [3.8, 4) is 0 Å². The van der Waals surface area contributed by atoms with Gasteiger partial charge in [-0.2, -0.15) is 0 Å². The van der Waals surface area contributed by atoms with Gasteiger partial charge in [-0.05, 0) is 6.92 Å². The molecule has 1 aromatic rings. The van der Waals surface area contributed by atoms with E-state index in [0.717, 1.165) is 12.5 Å². The molecular formula is C6H8F3N2+. The molecule has 1 heterocycles. The lowest BCUT2D eigenvalue weighted by atomic mass is 10.7. The van der Waals surface area contributed by atoms with Crippen LogP contribution in [0.25, 0.3) is 0 Å². The van der Waals surface area contributed by atoms with Crippen LogP contribution in [0.2, 0.25) is 0 Å². The van der Waals surface area contributed by atoms with E-state index in [-0.39, 0.29) is 4.57 Å². The van der Waals surface area contributed by atoms with Crippen LogP contribution in [0.4, 0.5) is 13.2 Å². The first-order valence-corrected chi connectivity index (χ1v) is 3.18. The highest BCUT2D eigenvalue weighted by Gasteiger charge is 2.36. The molecule has 0 saturated carbocycles. The second-order valence-electron chi connectivity index (χ2n) is 2.12. The molecule has 1 aromatic heterocycles. The number of rotatable bonds is 1. The van der Waals surface area contributed by atoms with Gasteiger partial charge in [0.25, 0.3) is 6.33 Å². The highest BCUT2D eigenvalue weighted by molar-refractivity contribution is 4.68. The molecule has 0 spiro atoms. The van der Waals surface area contributed by atoms with Crippen molar-refractivity contribution in [3.05, 3.63) is 18.7 Å². The predicted molar refractivity (Wildman–Crippen MR) is 31.6 cm³/mol. The van der Waals surface area contributed by atoms with Crippen molar-refractivity contribution in [1.82, 2.24) is 4.57 Å². The summed E-state index contributed by atoms with van der Waals surface area (Å²) in [7, 11) is 0. The summed E-state index contributed by atoms with van der Waals surface area (Å²) in [6, 6.07) is 0. The van der Waals surface area contributed by atoms with Crippen LogP contribution in [0.5, 0.6) is 0 Å². The zero-order valence-corrected chi connectivity index (χ0v) is 5.97. The van der Waals surface area contributed by atoms with Gasteiger partial charge in [0.2, 0.25) is 0 Å². The molecule has 1 rings (SSSR count). The minimum absolute atomic E-state index is 0.219. The molecule has 5 heteroatoms. The average molecular weight is 165 g/mol. The Morgan fingerprint density at radius 1 is 1.45 bits per heavy atom. The standard InChI is InChI=1S/C6H8F3N2/c1-2-10-3-4-11(5-10)6(7,8)9/h3-5H,2H2,1H3/q+1. The zero-order valence-electron chi connectivity index (χ0n) is 5.97. The number of alkyl halides is 3. The molecule has 0 atom stereocenters. The second kappa shape index (κ2) is 2.56. The minimum Gasteiger partial charge on any atom is -0.237 e. The minimum atomic E-state index is -4.29. The molecule has 0 radical (unpaired) electrons. The third kappa shape index (κ3) is 1.72. The van der Waals surface area contributed by atoms with Crippen LogP contribution in [0, 0.1) is 0 Å². The number of aryl methyl sites for hydroxylation is 1. The predicted octanol–water partition coefficient (Wildman–Crippen LogP) is 1.27. The van der Waals surface area contributed by atoms with Crippen LogP contribution in [-0.2, 0) is 12.8 Å². The lowest BCUT2D eigenvalue weighted by Crippen LogP contribution is -2.30. The maximum absolute atomic E-state index is 11.9. The SMILES string of the molecule is CC[n+]1ccn(C(F)(F)F)c1. The van der Waals surface area contributed by atoms with Crippen molar-refractivity contribution in [2.45, 2.75) is 19.8 Å². The topological polar surface area (TPSA) is 8.81 Å². The molecule has 0 aliphatic carbocycles. The third-order valence-electron chi connectivity index (χ3n) is 1.35. The first-order valence-electron chi connectivity index (χ1n) is 3.18. The van der Waals surface area contributed by atoms with Gasteiger partial charge in [-0.1, -0.05) is 0 Å². The molecule has 62 valence electrons. The maximum atomic E-state index is 11.9. The van der Waals surface area contributed by atoms with Crippen molar-refractivity contribution in [2.24, 2.45) is 0 Å². The second-order valence-corrected chi connectivity index (χ2v) is 2.12. The number of aromatic nitrogens is 2. The molecule has 11 heavy (non-hydrogen) atoms. The van der Waals surface area contributed by atoms with Crippen LogP contribution in [0.15, 0.2) is 18.7 Å². The summed E-state index contributed by atoms with van der Waals surface area (Å²) in [6.45, 7) is 2.32. The van der Waals surface area contributed by atoms with Gasteiger partial charge in [-0.3, -0.25) is 0 Å². The molecule has 0 amide bonds. The lowest BCUT2D eigenvalue weighted by Gasteiger charge is -1.97. The molecule has 0 N–H and O–H groups in total. The fraction of sp³-hybridized carbons (Fsp3) is 0.500. The maximum Gasteiger partial charge on any atom is 0.567 e. The monoisotopic (exact) mass is 165 g/mol. The first-order chi connectivity index (χ1) is 5.04. The smallest absolute Gasteiger partial charge is 0.237 e. The van der Waals surface area contributed by atoms with E-state index in [1.54, 1.807) is 6.92 Å². The average Bonchev–Trinajstić information content (AvgIpc) is 2.32. The van der Waals surface area contributed by atoms with E-state index in [9.17, 15) is 13.2 Å². The Labute approximate surface area is 61.9 Å². The van der Waals surface area contributed by atoms with Gasteiger partial charge >= 0.3 is 6.30 Å². The molecule has 0 saturated heterocycles. The summed E-state index contributed by atoms with van der Waals surface area (Å²) >= 11 is 0. The van der Waals surface area contributed by atoms with Crippen molar-refractivity contribution in [1.29, 1.82) is 0 Å². The molecule has 0 aliphatic rings. The third-order valence-corrected chi connectivity index (χ3v) is 1.35. The summed E-state index contributed by atoms with van der Waals surface area (Å²) in [5.41, 5.74) is 0. The summed E-state index contributed by atoms with van der Waals surface area (Å²) < 4.78 is 37.3. The van der Waals surface area contributed by atoms with Gasteiger partial charge in [0.15, 0.2) is 0 Å². The van der Waals surface area contributed by atoms with E-state index >= 15 is 0 Å². The summed E-state index contributed by atoms with van der Waals surface area (Å²) in [5.74, 6) is 0. The van der Waals surface area contributed by atoms with Gasteiger partial charge in [-0.15, -0.1) is 17.7 Å². The Kier molecular flexibility index (Phi) is 1.89. The molecular weight excluding hydrogens is 157 g/mol. The van der Waals surface area contributed by atoms with E-state index in [4.69, 9.17) is 0 Å². The van der Waals surface area contributed by atoms with E-state index in [2.05, 4.69) is 0 Å². The largest absolute Gasteiger partial charge is 0.567 e. The number of nitrogens with zero attached hydrogens (tertiary/aromatic N) is 2. The zero-order chi connectivity index (χ0) is 8.48. The van der Waals surface area contributed by atoms with Crippen LogP contribution in [-0.4, -0.2) is 4.57 Å². The molecule has 0 bridgehead atoms. The van der Waals surface area contributed by atoms with Crippen molar-refractivity contribution >= 4 is 0 Å². The highest BCUT2D eigenvalue weighted by Crippen LogP contribution is 2.20. The Hall–Kier alpha value is -1.00. The fourth-order valence-electron chi connectivity index (χ4n) is 0.731. The van der Waals surface area contributed by atoms with Crippen molar-refractivity contribution < 1.29 is 17.7 Å². The normalized spacial score (nSPS) is 12.0. The van der Waals surface area contributed by atoms with Gasteiger partial charge in [0.1, 0.15) is 12.4 Å². The summed E-state index contributed by atoms with van der Waals surface area (Å²) in [6.07, 6.45) is -0.905. The summed E-state index contributed by atoms with van der Waals surface area (Å²) in [4.78, 5) is 0. The fourth-order valence-corrected chi connectivity index (χ4v) is 0.731. The van der Waals surface area contributed by atoms with E-state index in [1.807, 2.05) is 0 Å². The molecule has 0 aliphatic heterocycles. The Bertz CT molecular complexity index is 238. The van der Waals surface area contributed by atoms with Crippen molar-refractivity contribution in [2.75, 3.05) is 0 Å². The summed E-state index contributed by atoms with van der Waals surface area (Å²) in [5, 5.41) is 0. The van der Waals surface area contributed by atoms with Crippen LogP contribution in [0.1, 0.15) is 6.92 Å².